The van der Waals surface area contributed by atoms with E-state index in [1.54, 1.807) is 0 Å². The van der Waals surface area contributed by atoms with Gasteiger partial charge in [0.25, 0.3) is 0 Å². The molecule has 10 nitrogen and oxygen atoms in total. The zero-order valence-electron chi connectivity index (χ0n) is 31.3. The van der Waals surface area contributed by atoms with E-state index in [1.165, 1.54) is 5.57 Å². The SMILES string of the molecule is CC(C)[C@@H](C)[C@@]1(C)CC[C@]2(C)[C@H]3CC[C@H]4C5(C)COC[C@@]4(C[C@@H](n4nnnc4CO)[C@@H]5OC[C@](C)(N)C(C)C)C3=CC[C@@]2(C)C1C(=O)O. The van der Waals surface area contributed by atoms with Crippen LogP contribution in [0.1, 0.15) is 120 Å². The quantitative estimate of drug-likeness (QED) is 0.267. The summed E-state index contributed by atoms with van der Waals surface area (Å²) in [5.41, 5.74) is 6.27. The average Bonchev–Trinajstić information content (AvgIpc) is 3.49. The fourth-order valence-electron chi connectivity index (χ4n) is 12.1. The Morgan fingerprint density at radius 2 is 1.83 bits per heavy atom. The first kappa shape index (κ1) is 35.9. The number of rotatable bonds is 9. The number of tetrazole rings is 1. The molecule has 0 spiro atoms. The summed E-state index contributed by atoms with van der Waals surface area (Å²) in [7, 11) is 0. The maximum Gasteiger partial charge on any atom is 0.307 e. The van der Waals surface area contributed by atoms with Crippen LogP contribution in [-0.2, 0) is 20.9 Å². The van der Waals surface area contributed by atoms with Crippen LogP contribution in [0.4, 0.5) is 0 Å². The van der Waals surface area contributed by atoms with Crippen LogP contribution >= 0.6 is 0 Å². The van der Waals surface area contributed by atoms with Crippen LogP contribution in [-0.4, -0.2) is 67.9 Å². The number of allylic oxidation sites excluding steroid dienone is 1. The van der Waals surface area contributed by atoms with Gasteiger partial charge in [0.05, 0.1) is 37.9 Å². The van der Waals surface area contributed by atoms with Gasteiger partial charge in [-0.05, 0) is 102 Å². The van der Waals surface area contributed by atoms with Crippen molar-refractivity contribution in [2.24, 2.45) is 68.3 Å². The lowest BCUT2D eigenvalue weighted by atomic mass is 9.34. The van der Waals surface area contributed by atoms with Crippen molar-refractivity contribution in [3.63, 3.8) is 0 Å². The molecule has 3 saturated carbocycles. The zero-order valence-corrected chi connectivity index (χ0v) is 31.3. The van der Waals surface area contributed by atoms with Gasteiger partial charge in [-0.3, -0.25) is 4.79 Å². The fourth-order valence-corrected chi connectivity index (χ4v) is 12.1. The largest absolute Gasteiger partial charge is 0.481 e. The highest BCUT2D eigenvalue weighted by molar-refractivity contribution is 5.73. The summed E-state index contributed by atoms with van der Waals surface area (Å²) in [6.07, 6.45) is 7.68. The highest BCUT2D eigenvalue weighted by atomic mass is 16.5. The maximum absolute atomic E-state index is 13.4. The Morgan fingerprint density at radius 3 is 2.46 bits per heavy atom. The van der Waals surface area contributed by atoms with Crippen LogP contribution in [0.2, 0.25) is 0 Å². The molecule has 1 aliphatic heterocycles. The number of aliphatic hydroxyl groups excluding tert-OH is 1. The molecule has 0 aromatic carbocycles. The van der Waals surface area contributed by atoms with Crippen molar-refractivity contribution in [3.05, 3.63) is 17.5 Å². The normalized spacial score (nSPS) is 44.3. The number of aliphatic hydroxyl groups is 1. The number of nitrogens with two attached hydrogens (primary N) is 1. The number of aliphatic carboxylic acids is 1. The summed E-state index contributed by atoms with van der Waals surface area (Å²) in [5.74, 6) is 0.873. The maximum atomic E-state index is 13.4. The van der Waals surface area contributed by atoms with Crippen LogP contribution in [0, 0.1) is 62.6 Å². The molecule has 12 atom stereocenters. The average molecular weight is 670 g/mol. The molecule has 2 heterocycles. The Morgan fingerprint density at radius 1 is 1.12 bits per heavy atom. The van der Waals surface area contributed by atoms with Crippen molar-refractivity contribution in [2.45, 2.75) is 132 Å². The molecule has 1 aromatic rings. The number of nitrogens with zero attached hydrogens (tertiary/aromatic N) is 4. The molecule has 10 heteroatoms. The number of carboxylic acid groups (broad SMARTS) is 1. The molecule has 4 fully saturated rings. The monoisotopic (exact) mass is 669 g/mol. The van der Waals surface area contributed by atoms with Gasteiger partial charge in [0.15, 0.2) is 5.82 Å². The lowest BCUT2D eigenvalue weighted by molar-refractivity contribution is -0.253. The van der Waals surface area contributed by atoms with Gasteiger partial charge in [-0.1, -0.05) is 74.0 Å². The summed E-state index contributed by atoms with van der Waals surface area (Å²) in [4.78, 5) is 13.4. The van der Waals surface area contributed by atoms with Crippen molar-refractivity contribution in [1.29, 1.82) is 0 Å². The number of hydrogen-bond donors (Lipinski definition) is 3. The third-order valence-corrected chi connectivity index (χ3v) is 16.0. The van der Waals surface area contributed by atoms with Crippen LogP contribution in [0.25, 0.3) is 0 Å². The van der Waals surface area contributed by atoms with E-state index in [9.17, 15) is 15.0 Å². The smallest absolute Gasteiger partial charge is 0.307 e. The van der Waals surface area contributed by atoms with E-state index in [2.05, 4.69) is 83.9 Å². The lowest BCUT2D eigenvalue weighted by Crippen LogP contribution is -2.69. The first-order valence-corrected chi connectivity index (χ1v) is 18.6. The lowest BCUT2D eigenvalue weighted by Gasteiger charge is -2.71. The third-order valence-electron chi connectivity index (χ3n) is 16.0. The van der Waals surface area contributed by atoms with E-state index < -0.39 is 17.4 Å². The second kappa shape index (κ2) is 11.8. The molecule has 1 aromatic heterocycles. The Bertz CT molecular complexity index is 1430. The Labute approximate surface area is 288 Å². The van der Waals surface area contributed by atoms with Gasteiger partial charge in [-0.2, -0.15) is 0 Å². The van der Waals surface area contributed by atoms with E-state index in [4.69, 9.17) is 15.2 Å². The topological polar surface area (TPSA) is 146 Å². The van der Waals surface area contributed by atoms with E-state index >= 15 is 0 Å². The predicted octanol–water partition coefficient (Wildman–Crippen LogP) is 6.05. The Kier molecular flexibility index (Phi) is 8.86. The van der Waals surface area contributed by atoms with Crippen LogP contribution in [0.3, 0.4) is 0 Å². The molecule has 270 valence electrons. The number of carbonyl (C=O) groups is 1. The summed E-state index contributed by atoms with van der Waals surface area (Å²) < 4.78 is 15.4. The third kappa shape index (κ3) is 4.85. The first-order chi connectivity index (χ1) is 22.3. The highest BCUT2D eigenvalue weighted by Gasteiger charge is 2.72. The molecular weight excluding hydrogens is 606 g/mol. The van der Waals surface area contributed by atoms with Gasteiger partial charge in [-0.15, -0.1) is 5.10 Å². The van der Waals surface area contributed by atoms with Crippen LogP contribution in [0.5, 0.6) is 0 Å². The molecule has 5 aliphatic rings. The summed E-state index contributed by atoms with van der Waals surface area (Å²) >= 11 is 0. The molecule has 2 unspecified atom stereocenters. The van der Waals surface area contributed by atoms with Crippen molar-refractivity contribution in [2.75, 3.05) is 19.8 Å². The molecule has 4 N–H and O–H groups in total. The van der Waals surface area contributed by atoms with E-state index in [0.717, 1.165) is 38.5 Å². The summed E-state index contributed by atoms with van der Waals surface area (Å²) in [6.45, 7) is 23.7. The minimum absolute atomic E-state index is 0.170. The molecule has 1 saturated heterocycles. The van der Waals surface area contributed by atoms with E-state index in [-0.39, 0.29) is 57.7 Å². The highest BCUT2D eigenvalue weighted by Crippen LogP contribution is 2.75. The van der Waals surface area contributed by atoms with Crippen LogP contribution in [0.15, 0.2) is 11.6 Å². The summed E-state index contributed by atoms with van der Waals surface area (Å²) in [5, 5.41) is 34.0. The molecule has 2 bridgehead atoms. The number of hydrogen-bond acceptors (Lipinski definition) is 8. The van der Waals surface area contributed by atoms with E-state index in [0.29, 0.717) is 43.4 Å². The van der Waals surface area contributed by atoms with Gasteiger partial charge in [0.1, 0.15) is 6.61 Å². The van der Waals surface area contributed by atoms with Crippen molar-refractivity contribution in [3.8, 4) is 0 Å². The van der Waals surface area contributed by atoms with Gasteiger partial charge in [0.2, 0.25) is 0 Å². The van der Waals surface area contributed by atoms with Gasteiger partial charge in [-0.25, -0.2) is 4.68 Å². The zero-order chi connectivity index (χ0) is 35.2. The predicted molar refractivity (Wildman–Crippen MR) is 184 cm³/mol. The molecule has 0 amide bonds. The first-order valence-electron chi connectivity index (χ1n) is 18.6. The number of aromatic nitrogens is 4. The van der Waals surface area contributed by atoms with Crippen molar-refractivity contribution >= 4 is 5.97 Å². The summed E-state index contributed by atoms with van der Waals surface area (Å²) in [6, 6.07) is -0.218. The number of ether oxygens (including phenoxy) is 2. The number of carboxylic acids is 1. The van der Waals surface area contributed by atoms with E-state index in [1.807, 2.05) is 11.6 Å². The van der Waals surface area contributed by atoms with Crippen LogP contribution < -0.4 is 5.73 Å². The molecule has 48 heavy (non-hydrogen) atoms. The van der Waals surface area contributed by atoms with Gasteiger partial charge < -0.3 is 25.4 Å². The molecule has 0 radical (unpaired) electrons. The minimum atomic E-state index is -0.642. The molecule has 4 aliphatic carbocycles. The fraction of sp³-hybridized carbons (Fsp3) is 0.895. The molecule has 6 rings (SSSR count). The van der Waals surface area contributed by atoms with Gasteiger partial charge >= 0.3 is 5.97 Å². The van der Waals surface area contributed by atoms with Crippen molar-refractivity contribution < 1.29 is 24.5 Å². The van der Waals surface area contributed by atoms with Gasteiger partial charge in [0, 0.05) is 16.4 Å². The second-order valence-electron chi connectivity index (χ2n) is 18.7. The minimum Gasteiger partial charge on any atom is -0.481 e. The standard InChI is InChI=1S/C38H63N5O5/c1-22(2)24(5)33(6)15-16-35(8)25-11-12-28-34(7)19-47-21-38(28,26(25)13-14-36(35,9)30(33)32(45)46)17-27(43-29(18-44)40-41-42-43)31(34)48-20-37(10,39)23(3)4/h13,22-25,27-28,30-31,44H,11-12,14-21,39H2,1-10H3,(H,45,46)/t24-,25+,27-,28+,30?,31+,33-,34?,35-,36+,37+,38+/m1/s1. The second-order valence-corrected chi connectivity index (χ2v) is 18.7. The molecular formula is C38H63N5O5. The van der Waals surface area contributed by atoms with Crippen molar-refractivity contribution in [1.82, 2.24) is 20.2 Å². The number of fused-ring (bicyclic) bond motifs is 3. The Balaban J connectivity index is 1.46. The Hall–Kier alpha value is -1.88.